The zero-order chi connectivity index (χ0) is 12.7. The largest absolute Gasteiger partial charge is 0.480 e. The number of hydrogen-bond donors (Lipinski definition) is 2. The lowest BCUT2D eigenvalue weighted by Crippen LogP contribution is -2.40. The van der Waals surface area contributed by atoms with E-state index in [0.29, 0.717) is 5.92 Å². The molecule has 5 heteroatoms. The summed E-state index contributed by atoms with van der Waals surface area (Å²) in [5.41, 5.74) is 0. The molecule has 17 heavy (non-hydrogen) atoms. The van der Waals surface area contributed by atoms with Crippen LogP contribution in [0.5, 0.6) is 0 Å². The molecule has 0 radical (unpaired) electrons. The van der Waals surface area contributed by atoms with Crippen molar-refractivity contribution in [2.45, 2.75) is 45.1 Å². The van der Waals surface area contributed by atoms with Crippen LogP contribution >= 0.6 is 0 Å². The second-order valence-corrected chi connectivity index (χ2v) is 4.64. The van der Waals surface area contributed by atoms with Gasteiger partial charge in [-0.1, -0.05) is 19.3 Å². The molecule has 1 aliphatic carbocycles. The Morgan fingerprint density at radius 1 is 1.29 bits per heavy atom. The van der Waals surface area contributed by atoms with Crippen molar-refractivity contribution in [3.05, 3.63) is 0 Å². The summed E-state index contributed by atoms with van der Waals surface area (Å²) in [7, 11) is 0. The van der Waals surface area contributed by atoms with Gasteiger partial charge >= 0.3 is 5.97 Å². The van der Waals surface area contributed by atoms with Crippen molar-refractivity contribution in [2.75, 3.05) is 13.2 Å². The topological polar surface area (TPSA) is 75.6 Å². The summed E-state index contributed by atoms with van der Waals surface area (Å²) in [6, 6.07) is 0.149. The summed E-state index contributed by atoms with van der Waals surface area (Å²) in [4.78, 5) is 21.6. The average molecular weight is 243 g/mol. The third-order valence-electron chi connectivity index (χ3n) is 3.20. The number of aliphatic carboxylic acids is 1. The van der Waals surface area contributed by atoms with E-state index in [1.807, 2.05) is 6.92 Å². The molecule has 1 aliphatic rings. The predicted octanol–water partition coefficient (Wildman–Crippen LogP) is 1.17. The zero-order valence-electron chi connectivity index (χ0n) is 10.3. The molecular formula is C12H21NO4. The number of ether oxygens (including phenoxy) is 1. The number of nitrogens with one attached hydrogen (secondary N) is 1. The highest BCUT2D eigenvalue weighted by molar-refractivity contribution is 5.78. The molecule has 0 unspecified atom stereocenters. The molecule has 1 amide bonds. The van der Waals surface area contributed by atoms with Crippen molar-refractivity contribution >= 4 is 11.9 Å². The van der Waals surface area contributed by atoms with Crippen LogP contribution in [-0.2, 0) is 14.3 Å². The van der Waals surface area contributed by atoms with E-state index < -0.39 is 12.6 Å². The summed E-state index contributed by atoms with van der Waals surface area (Å²) in [5, 5.41) is 11.2. The molecule has 1 saturated carbocycles. The number of carbonyl (C=O) groups is 2. The maximum Gasteiger partial charge on any atom is 0.329 e. The second-order valence-electron chi connectivity index (χ2n) is 4.64. The average Bonchev–Trinajstić information content (AvgIpc) is 2.29. The van der Waals surface area contributed by atoms with E-state index in [4.69, 9.17) is 9.84 Å². The third kappa shape index (κ3) is 5.68. The second kappa shape index (κ2) is 7.27. The standard InChI is InChI=1S/C12H21NO4/c1-9(10-5-3-2-4-6-10)13-11(14)7-17-8-12(15)16/h9-10H,2-8H2,1H3,(H,13,14)(H,15,16)/t9-/m0/s1. The van der Waals surface area contributed by atoms with Crippen LogP contribution in [0.3, 0.4) is 0 Å². The van der Waals surface area contributed by atoms with Gasteiger partial charge in [-0.15, -0.1) is 0 Å². The van der Waals surface area contributed by atoms with Gasteiger partial charge in [-0.3, -0.25) is 4.79 Å². The summed E-state index contributed by atoms with van der Waals surface area (Å²) >= 11 is 0. The van der Waals surface area contributed by atoms with Crippen LogP contribution in [0.4, 0.5) is 0 Å². The number of carboxylic acids is 1. The minimum Gasteiger partial charge on any atom is -0.480 e. The van der Waals surface area contributed by atoms with Gasteiger partial charge in [0.2, 0.25) is 5.91 Å². The highest BCUT2D eigenvalue weighted by atomic mass is 16.5. The smallest absolute Gasteiger partial charge is 0.329 e. The first-order chi connectivity index (χ1) is 8.09. The van der Waals surface area contributed by atoms with Crippen molar-refractivity contribution in [3.8, 4) is 0 Å². The van der Waals surface area contributed by atoms with Crippen molar-refractivity contribution in [1.29, 1.82) is 0 Å². The first kappa shape index (κ1) is 14.0. The molecular weight excluding hydrogens is 222 g/mol. The van der Waals surface area contributed by atoms with Crippen LogP contribution in [0.1, 0.15) is 39.0 Å². The molecule has 0 aromatic heterocycles. The zero-order valence-corrected chi connectivity index (χ0v) is 10.3. The summed E-state index contributed by atoms with van der Waals surface area (Å²) in [6.45, 7) is 1.40. The molecule has 2 N–H and O–H groups in total. The number of carbonyl (C=O) groups excluding carboxylic acids is 1. The lowest BCUT2D eigenvalue weighted by atomic mass is 9.84. The fourth-order valence-electron chi connectivity index (χ4n) is 2.28. The lowest BCUT2D eigenvalue weighted by molar-refractivity contribution is -0.143. The Hall–Kier alpha value is -1.10. The fraction of sp³-hybridized carbons (Fsp3) is 0.833. The Kier molecular flexibility index (Phi) is 5.97. The van der Waals surface area contributed by atoms with E-state index in [1.54, 1.807) is 0 Å². The van der Waals surface area contributed by atoms with Crippen molar-refractivity contribution in [3.63, 3.8) is 0 Å². The minimum atomic E-state index is -1.06. The van der Waals surface area contributed by atoms with Crippen LogP contribution in [0, 0.1) is 5.92 Å². The molecule has 0 spiro atoms. The fourth-order valence-corrected chi connectivity index (χ4v) is 2.28. The molecule has 1 atom stereocenters. The van der Waals surface area contributed by atoms with Gasteiger partial charge in [0.15, 0.2) is 0 Å². The SMILES string of the molecule is C[C@H](NC(=O)COCC(=O)O)C1CCCCC1. The summed E-state index contributed by atoms with van der Waals surface area (Å²) in [6.07, 6.45) is 6.09. The number of rotatable bonds is 6. The van der Waals surface area contributed by atoms with E-state index in [-0.39, 0.29) is 18.6 Å². The Balaban J connectivity index is 2.18. The predicted molar refractivity (Wildman–Crippen MR) is 62.6 cm³/mol. The number of hydrogen-bond acceptors (Lipinski definition) is 3. The van der Waals surface area contributed by atoms with E-state index in [9.17, 15) is 9.59 Å². The maximum absolute atomic E-state index is 11.4. The van der Waals surface area contributed by atoms with E-state index in [0.717, 1.165) is 12.8 Å². The first-order valence-electron chi connectivity index (χ1n) is 6.18. The van der Waals surface area contributed by atoms with Gasteiger partial charge in [0.05, 0.1) is 0 Å². The molecule has 1 rings (SSSR count). The first-order valence-corrected chi connectivity index (χ1v) is 6.18. The van der Waals surface area contributed by atoms with Crippen molar-refractivity contribution in [1.82, 2.24) is 5.32 Å². The third-order valence-corrected chi connectivity index (χ3v) is 3.20. The Morgan fingerprint density at radius 3 is 2.53 bits per heavy atom. The van der Waals surface area contributed by atoms with Gasteiger partial charge in [0, 0.05) is 6.04 Å². The van der Waals surface area contributed by atoms with Crippen LogP contribution in [0.2, 0.25) is 0 Å². The normalized spacial score (nSPS) is 18.6. The molecule has 0 aromatic rings. The quantitative estimate of drug-likeness (QED) is 0.734. The molecule has 1 fully saturated rings. The van der Waals surface area contributed by atoms with Gasteiger partial charge in [0.25, 0.3) is 0 Å². The molecule has 5 nitrogen and oxygen atoms in total. The molecule has 0 bridgehead atoms. The van der Waals surface area contributed by atoms with E-state index in [1.165, 1.54) is 19.3 Å². The molecule has 0 heterocycles. The highest BCUT2D eigenvalue weighted by Crippen LogP contribution is 2.26. The van der Waals surface area contributed by atoms with Gasteiger partial charge in [-0.05, 0) is 25.7 Å². The van der Waals surface area contributed by atoms with Gasteiger partial charge in [0.1, 0.15) is 13.2 Å². The van der Waals surface area contributed by atoms with Crippen molar-refractivity contribution < 1.29 is 19.4 Å². The highest BCUT2D eigenvalue weighted by Gasteiger charge is 2.21. The lowest BCUT2D eigenvalue weighted by Gasteiger charge is -2.28. The monoisotopic (exact) mass is 243 g/mol. The molecule has 0 aromatic carbocycles. The van der Waals surface area contributed by atoms with Gasteiger partial charge in [-0.2, -0.15) is 0 Å². The van der Waals surface area contributed by atoms with Crippen LogP contribution in [-0.4, -0.2) is 36.2 Å². The van der Waals surface area contributed by atoms with Crippen LogP contribution in [0.25, 0.3) is 0 Å². The minimum absolute atomic E-state index is 0.149. The van der Waals surface area contributed by atoms with Gasteiger partial charge in [-0.25, -0.2) is 4.79 Å². The number of amides is 1. The van der Waals surface area contributed by atoms with E-state index in [2.05, 4.69) is 5.32 Å². The summed E-state index contributed by atoms with van der Waals surface area (Å²) in [5.74, 6) is -0.741. The van der Waals surface area contributed by atoms with Gasteiger partial charge < -0.3 is 15.2 Å². The maximum atomic E-state index is 11.4. The Labute approximate surface area is 102 Å². The number of carboxylic acid groups (broad SMARTS) is 1. The van der Waals surface area contributed by atoms with Crippen LogP contribution < -0.4 is 5.32 Å². The molecule has 0 aliphatic heterocycles. The summed E-state index contributed by atoms with van der Waals surface area (Å²) < 4.78 is 4.73. The molecule has 0 saturated heterocycles. The van der Waals surface area contributed by atoms with Crippen molar-refractivity contribution in [2.24, 2.45) is 5.92 Å². The Bertz CT molecular complexity index is 261. The Morgan fingerprint density at radius 2 is 1.94 bits per heavy atom. The van der Waals surface area contributed by atoms with Crippen LogP contribution in [0.15, 0.2) is 0 Å². The molecule has 98 valence electrons. The van der Waals surface area contributed by atoms with E-state index >= 15 is 0 Å².